The average Bonchev–Trinajstić information content (AvgIpc) is 3.38. The summed E-state index contributed by atoms with van der Waals surface area (Å²) in [6, 6.07) is 0. The molecule has 0 aromatic heterocycles. The predicted molar refractivity (Wildman–Crippen MR) is 312 cm³/mol. The maximum absolute atomic E-state index is 12.6. The summed E-state index contributed by atoms with van der Waals surface area (Å²) in [6.45, 7) is 3.58. The minimum Gasteiger partial charge on any atom is -0.462 e. The molecule has 0 bridgehead atoms. The number of phosphoric ester groups is 1. The van der Waals surface area contributed by atoms with E-state index in [1.807, 2.05) is 0 Å². The number of ether oxygens (including phenoxy) is 2. The molecule has 2 unspecified atom stereocenters. The molecule has 0 radical (unpaired) electrons. The third kappa shape index (κ3) is 58.3. The molecule has 0 spiro atoms. The molecule has 0 rings (SSSR count). The van der Waals surface area contributed by atoms with Gasteiger partial charge in [-0.3, -0.25) is 18.6 Å². The van der Waals surface area contributed by atoms with E-state index in [0.29, 0.717) is 6.42 Å². The summed E-state index contributed by atoms with van der Waals surface area (Å²) in [4.78, 5) is 35.1. The number of phosphoric acid groups is 1. The van der Waals surface area contributed by atoms with Gasteiger partial charge in [0.25, 0.3) is 0 Å². The highest BCUT2D eigenvalue weighted by atomic mass is 31.2. The highest BCUT2D eigenvalue weighted by Crippen LogP contribution is 2.43. The van der Waals surface area contributed by atoms with Crippen LogP contribution in [0, 0.1) is 0 Å². The van der Waals surface area contributed by atoms with Crippen LogP contribution < -0.4 is 5.73 Å². The topological polar surface area (TPSA) is 134 Å². The number of unbranched alkanes of at least 4 members (excludes halogenated alkanes) is 29. The number of allylic oxidation sites excluding steroid dienone is 14. The molecule has 0 amide bonds. The van der Waals surface area contributed by atoms with Crippen LogP contribution in [-0.4, -0.2) is 49.3 Å². The van der Waals surface area contributed by atoms with Crippen LogP contribution in [0.2, 0.25) is 0 Å². The summed E-state index contributed by atoms with van der Waals surface area (Å²) in [5.74, 6) is -0.873. The summed E-state index contributed by atoms with van der Waals surface area (Å²) in [7, 11) is -4.40. The Labute approximate surface area is 449 Å². The second-order valence-corrected chi connectivity index (χ2v) is 21.3. The van der Waals surface area contributed by atoms with Crippen LogP contribution >= 0.6 is 7.82 Å². The van der Waals surface area contributed by atoms with E-state index in [1.165, 1.54) is 167 Å². The standard InChI is InChI=1S/C63H112NO8P/c1-3-5-7-9-11-13-15-17-19-20-21-22-23-24-25-26-27-28-29-30-31-32-33-34-35-36-37-38-39-40-42-43-45-47-49-51-53-55-62(65)69-59-61(60-71-73(67,68)70-58-57-64)72-63(66)56-54-52-50-48-46-44-41-18-16-14-12-10-8-6-4-2/h6,8,12,14-15,17-18,20-21,23-24,41,46,48,61H,3-5,7,9-11,13,16,19,22,25-40,42-45,47,49-60,64H2,1-2H3,(H,67,68)/b8-6-,14-12-,17-15-,21-20-,24-23-,41-18-,48-46-. The van der Waals surface area contributed by atoms with Gasteiger partial charge in [-0.05, 0) is 89.9 Å². The van der Waals surface area contributed by atoms with E-state index in [9.17, 15) is 19.0 Å². The maximum atomic E-state index is 12.6. The number of carbonyl (C=O) groups is 2. The molecule has 0 heterocycles. The summed E-state index contributed by atoms with van der Waals surface area (Å²) in [5.41, 5.74) is 5.37. The summed E-state index contributed by atoms with van der Waals surface area (Å²) in [5, 5.41) is 0. The molecule has 0 saturated heterocycles. The zero-order valence-corrected chi connectivity index (χ0v) is 48.0. The number of hydrogen-bond acceptors (Lipinski definition) is 8. The molecule has 0 aromatic rings. The van der Waals surface area contributed by atoms with Crippen molar-refractivity contribution < 1.29 is 37.6 Å². The van der Waals surface area contributed by atoms with Gasteiger partial charge >= 0.3 is 19.8 Å². The minimum absolute atomic E-state index is 0.0442. The first-order chi connectivity index (χ1) is 35.8. The first kappa shape index (κ1) is 70.2. The lowest BCUT2D eigenvalue weighted by molar-refractivity contribution is -0.161. The fourth-order valence-electron chi connectivity index (χ4n) is 8.34. The molecule has 0 saturated carbocycles. The Kier molecular flexibility index (Phi) is 56.2. The van der Waals surface area contributed by atoms with Gasteiger partial charge in [0.05, 0.1) is 13.2 Å². The Morgan fingerprint density at radius 2 is 0.753 bits per heavy atom. The van der Waals surface area contributed by atoms with E-state index >= 15 is 0 Å². The van der Waals surface area contributed by atoms with E-state index in [1.54, 1.807) is 0 Å². The molecule has 0 aromatic carbocycles. The van der Waals surface area contributed by atoms with Gasteiger partial charge in [0, 0.05) is 19.4 Å². The van der Waals surface area contributed by atoms with E-state index in [0.717, 1.165) is 70.6 Å². The first-order valence-electron chi connectivity index (χ1n) is 30.1. The molecular formula is C63H112NO8P. The lowest BCUT2D eigenvalue weighted by Gasteiger charge is -2.19. The van der Waals surface area contributed by atoms with Gasteiger partial charge in [-0.1, -0.05) is 253 Å². The van der Waals surface area contributed by atoms with Crippen molar-refractivity contribution in [1.82, 2.24) is 0 Å². The molecule has 0 aliphatic carbocycles. The Hall–Kier alpha value is -2.81. The number of esters is 2. The highest BCUT2D eigenvalue weighted by molar-refractivity contribution is 7.47. The molecule has 0 fully saturated rings. The Bertz CT molecular complexity index is 1470. The van der Waals surface area contributed by atoms with Gasteiger partial charge in [-0.25, -0.2) is 4.57 Å². The van der Waals surface area contributed by atoms with E-state index < -0.39 is 32.5 Å². The fourth-order valence-corrected chi connectivity index (χ4v) is 9.11. The van der Waals surface area contributed by atoms with Crippen molar-refractivity contribution in [2.45, 2.75) is 277 Å². The number of carbonyl (C=O) groups excluding carboxylic acids is 2. The fraction of sp³-hybridized carbons (Fsp3) is 0.746. The molecule has 422 valence electrons. The normalized spacial score (nSPS) is 13.6. The number of nitrogens with two attached hydrogens (primary N) is 1. The molecular weight excluding hydrogens is 930 g/mol. The zero-order valence-electron chi connectivity index (χ0n) is 47.1. The molecule has 10 heteroatoms. The van der Waals surface area contributed by atoms with E-state index in [-0.39, 0.29) is 32.6 Å². The van der Waals surface area contributed by atoms with Gasteiger partial charge in [0.1, 0.15) is 6.61 Å². The van der Waals surface area contributed by atoms with Crippen molar-refractivity contribution in [3.8, 4) is 0 Å². The first-order valence-corrected chi connectivity index (χ1v) is 31.6. The van der Waals surface area contributed by atoms with Crippen molar-refractivity contribution in [3.63, 3.8) is 0 Å². The molecule has 3 N–H and O–H groups in total. The van der Waals surface area contributed by atoms with Crippen molar-refractivity contribution in [2.75, 3.05) is 26.4 Å². The van der Waals surface area contributed by atoms with Crippen molar-refractivity contribution in [3.05, 3.63) is 85.1 Å². The molecule has 73 heavy (non-hydrogen) atoms. The van der Waals surface area contributed by atoms with Crippen LogP contribution in [-0.2, 0) is 32.7 Å². The van der Waals surface area contributed by atoms with E-state index in [4.69, 9.17) is 24.3 Å². The third-order valence-electron chi connectivity index (χ3n) is 12.8. The summed E-state index contributed by atoms with van der Waals surface area (Å²) in [6.07, 6.45) is 76.8. The molecule has 0 aliphatic heterocycles. The number of rotatable bonds is 56. The van der Waals surface area contributed by atoms with Crippen molar-refractivity contribution in [1.29, 1.82) is 0 Å². The lowest BCUT2D eigenvalue weighted by Crippen LogP contribution is -2.29. The zero-order chi connectivity index (χ0) is 53.1. The smallest absolute Gasteiger partial charge is 0.462 e. The second kappa shape index (κ2) is 58.5. The van der Waals surface area contributed by atoms with Crippen LogP contribution in [0.15, 0.2) is 85.1 Å². The van der Waals surface area contributed by atoms with Crippen LogP contribution in [0.5, 0.6) is 0 Å². The Morgan fingerprint density at radius 3 is 1.15 bits per heavy atom. The van der Waals surface area contributed by atoms with Gasteiger partial charge in [-0.15, -0.1) is 0 Å². The van der Waals surface area contributed by atoms with E-state index in [2.05, 4.69) is 98.9 Å². The van der Waals surface area contributed by atoms with Gasteiger partial charge in [-0.2, -0.15) is 0 Å². The summed E-state index contributed by atoms with van der Waals surface area (Å²) < 4.78 is 32.9. The van der Waals surface area contributed by atoms with Gasteiger partial charge in [0.15, 0.2) is 6.10 Å². The Morgan fingerprint density at radius 1 is 0.425 bits per heavy atom. The SMILES string of the molecule is CC/C=C\C/C=C\C/C=C\C/C=C\CCCCC(=O)OC(COC(=O)CCCCCCCCCCCCCCCCCCCCCCCC/C=C\C/C=C\C/C=C\CCCCCCC)COP(=O)(O)OCCN. The van der Waals surface area contributed by atoms with Crippen LogP contribution in [0.25, 0.3) is 0 Å². The quantitative estimate of drug-likeness (QED) is 0.0264. The lowest BCUT2D eigenvalue weighted by atomic mass is 10.0. The molecule has 2 atom stereocenters. The van der Waals surface area contributed by atoms with Crippen LogP contribution in [0.1, 0.15) is 271 Å². The van der Waals surface area contributed by atoms with Crippen LogP contribution in [0.4, 0.5) is 0 Å². The minimum atomic E-state index is -4.40. The largest absolute Gasteiger partial charge is 0.472 e. The third-order valence-corrected chi connectivity index (χ3v) is 13.7. The van der Waals surface area contributed by atoms with Crippen molar-refractivity contribution in [2.24, 2.45) is 5.73 Å². The second-order valence-electron chi connectivity index (χ2n) is 19.8. The molecule has 9 nitrogen and oxygen atoms in total. The number of hydrogen-bond donors (Lipinski definition) is 2. The molecule has 0 aliphatic rings. The average molecular weight is 1040 g/mol. The highest BCUT2D eigenvalue weighted by Gasteiger charge is 2.26. The van der Waals surface area contributed by atoms with Crippen molar-refractivity contribution >= 4 is 19.8 Å². The van der Waals surface area contributed by atoms with Gasteiger partial charge in [0.2, 0.25) is 0 Å². The van der Waals surface area contributed by atoms with Gasteiger partial charge < -0.3 is 20.1 Å². The summed E-state index contributed by atoms with van der Waals surface area (Å²) >= 11 is 0. The maximum Gasteiger partial charge on any atom is 0.472 e. The predicted octanol–water partition coefficient (Wildman–Crippen LogP) is 19.1. The van der Waals surface area contributed by atoms with Crippen LogP contribution in [0.3, 0.4) is 0 Å². The Balaban J connectivity index is 3.83. The monoisotopic (exact) mass is 1040 g/mol.